The lowest BCUT2D eigenvalue weighted by Gasteiger charge is -2.09. The lowest BCUT2D eigenvalue weighted by Crippen LogP contribution is -2.04. The van der Waals surface area contributed by atoms with E-state index < -0.39 is 0 Å². The summed E-state index contributed by atoms with van der Waals surface area (Å²) in [5.41, 5.74) is 8.68. The maximum atomic E-state index is 8.75. The average Bonchev–Trinajstić information content (AvgIpc) is 2.39. The zero-order chi connectivity index (χ0) is 13.0. The second kappa shape index (κ2) is 5.52. The van der Waals surface area contributed by atoms with Gasteiger partial charge < -0.3 is 11.1 Å². The van der Waals surface area contributed by atoms with Gasteiger partial charge in [-0.3, -0.25) is 4.98 Å². The van der Waals surface area contributed by atoms with E-state index in [2.05, 4.69) is 26.2 Å². The Bertz CT molecular complexity index is 587. The number of nitrogens with two attached hydrogens (primary N) is 1. The first-order valence-electron chi connectivity index (χ1n) is 5.33. The van der Waals surface area contributed by atoms with Gasteiger partial charge in [0.25, 0.3) is 0 Å². The van der Waals surface area contributed by atoms with Gasteiger partial charge in [0.15, 0.2) is 0 Å². The molecule has 18 heavy (non-hydrogen) atoms. The normalized spacial score (nSPS) is 9.78. The Balaban J connectivity index is 2.06. The van der Waals surface area contributed by atoms with Gasteiger partial charge in [-0.15, -0.1) is 0 Å². The predicted octanol–water partition coefficient (Wildman–Crippen LogP) is 2.91. The number of aromatic nitrogens is 1. The topological polar surface area (TPSA) is 74.7 Å². The highest BCUT2D eigenvalue weighted by Gasteiger charge is 2.01. The summed E-state index contributed by atoms with van der Waals surface area (Å²) >= 11 is 3.34. The molecule has 0 spiro atoms. The van der Waals surface area contributed by atoms with E-state index >= 15 is 0 Å². The van der Waals surface area contributed by atoms with Gasteiger partial charge in [-0.05, 0) is 46.3 Å². The molecule has 1 aromatic carbocycles. The first-order chi connectivity index (χ1) is 8.69. The molecule has 0 radical (unpaired) electrons. The monoisotopic (exact) mass is 302 g/mol. The van der Waals surface area contributed by atoms with Gasteiger partial charge in [0.2, 0.25) is 0 Å². The average molecular weight is 303 g/mol. The van der Waals surface area contributed by atoms with Crippen LogP contribution in [0.1, 0.15) is 11.3 Å². The van der Waals surface area contributed by atoms with Crippen molar-refractivity contribution in [2.24, 2.45) is 0 Å². The molecule has 0 saturated heterocycles. The Morgan fingerprint density at radius 3 is 2.78 bits per heavy atom. The van der Waals surface area contributed by atoms with Gasteiger partial charge >= 0.3 is 0 Å². The molecule has 3 N–H and O–H groups in total. The number of hydrogen-bond acceptors (Lipinski definition) is 4. The summed E-state index contributed by atoms with van der Waals surface area (Å²) in [6, 6.07) is 11.1. The number of anilines is 2. The number of hydrogen-bond donors (Lipinski definition) is 2. The molecule has 0 amide bonds. The summed E-state index contributed by atoms with van der Waals surface area (Å²) in [6.45, 7) is 0.587. The van der Waals surface area contributed by atoms with Crippen LogP contribution in [0.25, 0.3) is 0 Å². The van der Waals surface area contributed by atoms with Crippen LogP contribution in [0.5, 0.6) is 0 Å². The summed E-state index contributed by atoms with van der Waals surface area (Å²) in [7, 11) is 0. The third-order valence-electron chi connectivity index (χ3n) is 2.43. The van der Waals surface area contributed by atoms with Crippen LogP contribution in [0.3, 0.4) is 0 Å². The first-order valence-corrected chi connectivity index (χ1v) is 6.12. The van der Waals surface area contributed by atoms with Crippen molar-refractivity contribution in [1.82, 2.24) is 4.98 Å². The summed E-state index contributed by atoms with van der Waals surface area (Å²) in [6.07, 6.45) is 1.75. The van der Waals surface area contributed by atoms with Crippen LogP contribution in [0.2, 0.25) is 0 Å². The van der Waals surface area contributed by atoms with Crippen molar-refractivity contribution >= 4 is 27.3 Å². The van der Waals surface area contributed by atoms with Gasteiger partial charge in [0.05, 0.1) is 35.2 Å². The molecule has 0 saturated carbocycles. The fraction of sp³-hybridized carbons (Fsp3) is 0.0769. The number of halogens is 1. The van der Waals surface area contributed by atoms with Crippen LogP contribution in [0, 0.1) is 11.3 Å². The molecule has 1 heterocycles. The Morgan fingerprint density at radius 1 is 1.33 bits per heavy atom. The van der Waals surface area contributed by atoms with E-state index in [1.807, 2.05) is 18.2 Å². The van der Waals surface area contributed by atoms with Crippen molar-refractivity contribution in [3.8, 4) is 6.07 Å². The van der Waals surface area contributed by atoms with Crippen LogP contribution in [-0.2, 0) is 6.54 Å². The van der Waals surface area contributed by atoms with Gasteiger partial charge in [-0.2, -0.15) is 5.26 Å². The van der Waals surface area contributed by atoms with E-state index in [4.69, 9.17) is 11.0 Å². The Labute approximate surface area is 114 Å². The molecule has 0 bridgehead atoms. The smallest absolute Gasteiger partial charge is 0.0992 e. The van der Waals surface area contributed by atoms with Crippen molar-refractivity contribution in [1.29, 1.82) is 5.26 Å². The van der Waals surface area contributed by atoms with Gasteiger partial charge in [0.1, 0.15) is 0 Å². The molecule has 2 rings (SSSR count). The lowest BCUT2D eigenvalue weighted by atomic mass is 10.2. The van der Waals surface area contributed by atoms with E-state index in [9.17, 15) is 0 Å². The SMILES string of the molecule is N#Cc1ccc(NCc2ccc(Br)cn2)c(N)c1. The second-order valence-corrected chi connectivity index (χ2v) is 4.65. The van der Waals surface area contributed by atoms with E-state index in [1.165, 1.54) is 0 Å². The number of nitriles is 1. The highest BCUT2D eigenvalue weighted by molar-refractivity contribution is 9.10. The lowest BCUT2D eigenvalue weighted by molar-refractivity contribution is 1.04. The highest BCUT2D eigenvalue weighted by atomic mass is 79.9. The van der Waals surface area contributed by atoms with Crippen molar-refractivity contribution in [3.05, 3.63) is 52.3 Å². The minimum atomic E-state index is 0.555. The molecule has 0 atom stereocenters. The number of nitrogens with one attached hydrogen (secondary N) is 1. The van der Waals surface area contributed by atoms with Crippen LogP contribution >= 0.6 is 15.9 Å². The number of nitrogens with zero attached hydrogens (tertiary/aromatic N) is 2. The molecule has 90 valence electrons. The van der Waals surface area contributed by atoms with Crippen LogP contribution in [-0.4, -0.2) is 4.98 Å². The minimum absolute atomic E-state index is 0.555. The first kappa shape index (κ1) is 12.4. The number of pyridine rings is 1. The number of nitrogen functional groups attached to an aromatic ring is 1. The van der Waals surface area contributed by atoms with Gasteiger partial charge in [-0.1, -0.05) is 0 Å². The fourth-order valence-corrected chi connectivity index (χ4v) is 1.72. The summed E-state index contributed by atoms with van der Waals surface area (Å²) in [5, 5.41) is 11.9. The molecule has 1 aromatic heterocycles. The second-order valence-electron chi connectivity index (χ2n) is 3.74. The summed E-state index contributed by atoms with van der Waals surface area (Å²) in [5.74, 6) is 0. The van der Waals surface area contributed by atoms with Gasteiger partial charge in [-0.25, -0.2) is 0 Å². The highest BCUT2D eigenvalue weighted by Crippen LogP contribution is 2.20. The molecule has 0 aliphatic carbocycles. The third-order valence-corrected chi connectivity index (χ3v) is 2.90. The van der Waals surface area contributed by atoms with Crippen LogP contribution < -0.4 is 11.1 Å². The van der Waals surface area contributed by atoms with Gasteiger partial charge in [0, 0.05) is 10.7 Å². The Kier molecular flexibility index (Phi) is 3.80. The van der Waals surface area contributed by atoms with E-state index in [1.54, 1.807) is 24.4 Å². The van der Waals surface area contributed by atoms with Crippen LogP contribution in [0.15, 0.2) is 41.0 Å². The Morgan fingerprint density at radius 2 is 2.17 bits per heavy atom. The van der Waals surface area contributed by atoms with Crippen molar-refractivity contribution < 1.29 is 0 Å². The summed E-state index contributed by atoms with van der Waals surface area (Å²) < 4.78 is 0.948. The van der Waals surface area contributed by atoms with Crippen molar-refractivity contribution in [2.75, 3.05) is 11.1 Å². The third kappa shape index (κ3) is 2.99. The number of rotatable bonds is 3. The zero-order valence-corrected chi connectivity index (χ0v) is 11.1. The molecule has 0 aliphatic heterocycles. The number of benzene rings is 1. The molecule has 2 aromatic rings. The molecule has 0 aliphatic rings. The molecular formula is C13H11BrN4. The molecule has 0 unspecified atom stereocenters. The van der Waals surface area contributed by atoms with E-state index in [0.717, 1.165) is 15.9 Å². The van der Waals surface area contributed by atoms with Crippen LogP contribution in [0.4, 0.5) is 11.4 Å². The fourth-order valence-electron chi connectivity index (χ4n) is 1.49. The predicted molar refractivity (Wildman–Crippen MR) is 74.8 cm³/mol. The Hall–Kier alpha value is -2.06. The van der Waals surface area contributed by atoms with Crippen molar-refractivity contribution in [3.63, 3.8) is 0 Å². The minimum Gasteiger partial charge on any atom is -0.397 e. The maximum Gasteiger partial charge on any atom is 0.0992 e. The maximum absolute atomic E-state index is 8.75. The molecule has 5 heteroatoms. The quantitative estimate of drug-likeness (QED) is 0.855. The molecule has 4 nitrogen and oxygen atoms in total. The summed E-state index contributed by atoms with van der Waals surface area (Å²) in [4.78, 5) is 4.25. The largest absolute Gasteiger partial charge is 0.397 e. The molecular weight excluding hydrogens is 292 g/mol. The van der Waals surface area contributed by atoms with E-state index in [0.29, 0.717) is 17.8 Å². The zero-order valence-electron chi connectivity index (χ0n) is 9.52. The standard InChI is InChI=1S/C13H11BrN4/c14-10-2-3-11(17-7-10)8-18-13-4-1-9(6-15)5-12(13)16/h1-5,7,18H,8,16H2. The van der Waals surface area contributed by atoms with Crippen molar-refractivity contribution in [2.45, 2.75) is 6.54 Å². The van der Waals surface area contributed by atoms with E-state index in [-0.39, 0.29) is 0 Å². The molecule has 0 fully saturated rings.